The fraction of sp³-hybridized carbons (Fsp3) is 0. The average Bonchev–Trinajstić information content (AvgIpc) is 4.08. The third-order valence-electron chi connectivity index (χ3n) is 12.1. The van der Waals surface area contributed by atoms with Crippen molar-refractivity contribution < 1.29 is 4.42 Å². The van der Waals surface area contributed by atoms with Crippen molar-refractivity contribution in [2.75, 3.05) is 0 Å². The van der Waals surface area contributed by atoms with Crippen molar-refractivity contribution in [2.24, 2.45) is 0 Å². The third-order valence-corrected chi connectivity index (χ3v) is 13.3. The lowest BCUT2D eigenvalue weighted by Gasteiger charge is -2.12. The topological polar surface area (TPSA) is 35.9 Å². The number of fused-ring (bicyclic) bond motifs is 11. The zero-order chi connectivity index (χ0) is 39.3. The predicted octanol–water partition coefficient (Wildman–Crippen LogP) is 15.4. The molecule has 4 nitrogen and oxygen atoms in total. The SMILES string of the molecule is c1ccc(-c2cc(-c3cccc(-c4nc5ccccc5n4-c4ccccc4)c3)c3c(c2)oc2c(-n4c5ccccc5c5c6sc7ccccc7c6ccc54)cccc23)cc1. The summed E-state index contributed by atoms with van der Waals surface area (Å²) in [6.07, 6.45) is 0. The minimum atomic E-state index is 0.850. The molecule has 0 amide bonds. The van der Waals surface area contributed by atoms with Crippen molar-refractivity contribution in [3.63, 3.8) is 0 Å². The highest BCUT2D eigenvalue weighted by atomic mass is 32.1. The fourth-order valence-electron chi connectivity index (χ4n) is 9.49. The number of furan rings is 1. The molecule has 4 heterocycles. The lowest BCUT2D eigenvalue weighted by Crippen LogP contribution is -1.97. The van der Waals surface area contributed by atoms with Gasteiger partial charge in [-0.05, 0) is 89.0 Å². The van der Waals surface area contributed by atoms with E-state index in [9.17, 15) is 0 Å². The summed E-state index contributed by atoms with van der Waals surface area (Å²) < 4.78 is 14.5. The van der Waals surface area contributed by atoms with Gasteiger partial charge in [-0.25, -0.2) is 4.98 Å². The molecular weight excluding hydrogens is 751 g/mol. The van der Waals surface area contributed by atoms with Crippen molar-refractivity contribution >= 4 is 86.3 Å². The van der Waals surface area contributed by atoms with E-state index >= 15 is 0 Å². The number of benzene rings is 9. The molecule has 0 fully saturated rings. The molecule has 9 aromatic carbocycles. The Hall–Kier alpha value is -7.73. The Balaban J connectivity index is 1.08. The van der Waals surface area contributed by atoms with Crippen molar-refractivity contribution in [2.45, 2.75) is 0 Å². The van der Waals surface area contributed by atoms with Gasteiger partial charge in [0.2, 0.25) is 0 Å². The normalized spacial score (nSPS) is 12.0. The summed E-state index contributed by atoms with van der Waals surface area (Å²) in [6, 6.07) is 71.6. The van der Waals surface area contributed by atoms with E-state index in [-0.39, 0.29) is 0 Å². The van der Waals surface area contributed by atoms with Gasteiger partial charge in [-0.3, -0.25) is 4.57 Å². The van der Waals surface area contributed by atoms with Crippen molar-refractivity contribution in [3.8, 4) is 45.0 Å². The van der Waals surface area contributed by atoms with Crippen LogP contribution in [0.1, 0.15) is 0 Å². The number of rotatable bonds is 5. The third kappa shape index (κ3) is 4.87. The summed E-state index contributed by atoms with van der Waals surface area (Å²) in [4.78, 5) is 5.22. The number of imidazole rings is 1. The lowest BCUT2D eigenvalue weighted by atomic mass is 9.93. The second-order valence-corrected chi connectivity index (χ2v) is 16.5. The summed E-state index contributed by atoms with van der Waals surface area (Å²) >= 11 is 1.88. The predicted molar refractivity (Wildman–Crippen MR) is 252 cm³/mol. The standard InChI is InChI=1S/C55H33N3OS/c1-3-15-34(16-4-1)37-32-43(35-17-13-18-36(31-35)55-56-44-24-9-11-26-46(44)57(55)38-19-5-2-6-20-38)51-42-23-14-27-48(53(42)59-49(51)33-37)58-45-25-10-7-22-41(45)52-47(58)30-29-40-39-21-8-12-28-50(39)60-54(40)52/h1-33H. The first-order valence-electron chi connectivity index (χ1n) is 20.3. The molecule has 13 rings (SSSR count). The summed E-state index contributed by atoms with van der Waals surface area (Å²) in [6.45, 7) is 0. The molecule has 0 N–H and O–H groups in total. The number of nitrogens with zero attached hydrogens (tertiary/aromatic N) is 3. The maximum absolute atomic E-state index is 7.16. The maximum Gasteiger partial charge on any atom is 0.159 e. The molecule has 5 heteroatoms. The summed E-state index contributed by atoms with van der Waals surface area (Å²) in [5.74, 6) is 0.901. The zero-order valence-corrected chi connectivity index (χ0v) is 33.0. The molecule has 0 aliphatic heterocycles. The van der Waals surface area contributed by atoms with Crippen LogP contribution in [-0.2, 0) is 0 Å². The van der Waals surface area contributed by atoms with E-state index < -0.39 is 0 Å². The molecule has 0 aliphatic carbocycles. The maximum atomic E-state index is 7.16. The first kappa shape index (κ1) is 33.3. The number of aromatic nitrogens is 3. The Morgan fingerprint density at radius 1 is 0.433 bits per heavy atom. The van der Waals surface area contributed by atoms with E-state index in [1.165, 1.54) is 36.5 Å². The first-order chi connectivity index (χ1) is 29.8. The van der Waals surface area contributed by atoms with Crippen LogP contribution in [0.15, 0.2) is 205 Å². The molecule has 0 spiro atoms. The van der Waals surface area contributed by atoms with Gasteiger partial charge in [-0.2, -0.15) is 0 Å². The molecule has 4 aromatic heterocycles. The highest BCUT2D eigenvalue weighted by Gasteiger charge is 2.23. The van der Waals surface area contributed by atoms with Crippen LogP contribution < -0.4 is 0 Å². The van der Waals surface area contributed by atoms with Gasteiger partial charge in [0, 0.05) is 53.0 Å². The Kier molecular flexibility index (Phi) is 7.14. The number of hydrogen-bond acceptors (Lipinski definition) is 3. The van der Waals surface area contributed by atoms with Gasteiger partial charge in [0.15, 0.2) is 5.58 Å². The number of para-hydroxylation sites is 5. The lowest BCUT2D eigenvalue weighted by molar-refractivity contribution is 0.666. The minimum Gasteiger partial charge on any atom is -0.454 e. The van der Waals surface area contributed by atoms with Crippen LogP contribution in [0, 0.1) is 0 Å². The van der Waals surface area contributed by atoms with Gasteiger partial charge < -0.3 is 8.98 Å². The second-order valence-electron chi connectivity index (χ2n) is 15.5. The summed E-state index contributed by atoms with van der Waals surface area (Å²) in [5, 5.41) is 7.29. The molecule has 60 heavy (non-hydrogen) atoms. The Labute approximate surface area is 348 Å². The van der Waals surface area contributed by atoms with Gasteiger partial charge in [-0.1, -0.05) is 133 Å². The van der Waals surface area contributed by atoms with Crippen LogP contribution in [0.4, 0.5) is 0 Å². The van der Waals surface area contributed by atoms with Crippen LogP contribution in [0.3, 0.4) is 0 Å². The van der Waals surface area contributed by atoms with E-state index in [0.717, 1.165) is 83.5 Å². The van der Waals surface area contributed by atoms with E-state index in [4.69, 9.17) is 9.40 Å². The van der Waals surface area contributed by atoms with Crippen LogP contribution in [0.25, 0.3) is 120 Å². The molecule has 0 aliphatic rings. The first-order valence-corrected chi connectivity index (χ1v) is 21.1. The summed E-state index contributed by atoms with van der Waals surface area (Å²) in [5.41, 5.74) is 13.7. The molecule has 13 aromatic rings. The molecule has 0 saturated heterocycles. The molecule has 0 unspecified atom stereocenters. The van der Waals surface area contributed by atoms with Gasteiger partial charge in [0.1, 0.15) is 11.4 Å². The van der Waals surface area contributed by atoms with Crippen molar-refractivity contribution in [3.05, 3.63) is 200 Å². The molecule has 0 radical (unpaired) electrons. The smallest absolute Gasteiger partial charge is 0.159 e. The van der Waals surface area contributed by atoms with Gasteiger partial charge in [-0.15, -0.1) is 11.3 Å². The van der Waals surface area contributed by atoms with Crippen LogP contribution in [0.2, 0.25) is 0 Å². The molecule has 0 saturated carbocycles. The van der Waals surface area contributed by atoms with E-state index in [0.29, 0.717) is 0 Å². The van der Waals surface area contributed by atoms with Crippen molar-refractivity contribution in [1.82, 2.24) is 14.1 Å². The Morgan fingerprint density at radius 2 is 1.13 bits per heavy atom. The second kappa shape index (κ2) is 12.9. The number of thiophene rings is 1. The Morgan fingerprint density at radius 3 is 2.02 bits per heavy atom. The van der Waals surface area contributed by atoms with Crippen LogP contribution in [-0.4, -0.2) is 14.1 Å². The largest absolute Gasteiger partial charge is 0.454 e. The van der Waals surface area contributed by atoms with Crippen LogP contribution in [0.5, 0.6) is 0 Å². The van der Waals surface area contributed by atoms with E-state index in [2.05, 4.69) is 209 Å². The highest BCUT2D eigenvalue weighted by molar-refractivity contribution is 7.26. The molecule has 0 atom stereocenters. The summed E-state index contributed by atoms with van der Waals surface area (Å²) in [7, 11) is 0. The Bertz CT molecular complexity index is 3830. The molecule has 280 valence electrons. The van der Waals surface area contributed by atoms with Gasteiger partial charge in [0.05, 0.1) is 27.8 Å². The molecular formula is C55H33N3OS. The number of hydrogen-bond donors (Lipinski definition) is 0. The molecule has 0 bridgehead atoms. The quantitative estimate of drug-likeness (QED) is 0.174. The van der Waals surface area contributed by atoms with E-state index in [1.807, 2.05) is 11.3 Å². The highest BCUT2D eigenvalue weighted by Crippen LogP contribution is 2.46. The fourth-order valence-corrected chi connectivity index (χ4v) is 10.8. The zero-order valence-electron chi connectivity index (χ0n) is 32.2. The monoisotopic (exact) mass is 783 g/mol. The van der Waals surface area contributed by atoms with Crippen LogP contribution >= 0.6 is 11.3 Å². The van der Waals surface area contributed by atoms with Crippen molar-refractivity contribution in [1.29, 1.82) is 0 Å². The van der Waals surface area contributed by atoms with Gasteiger partial charge in [0.25, 0.3) is 0 Å². The van der Waals surface area contributed by atoms with Gasteiger partial charge >= 0.3 is 0 Å². The van der Waals surface area contributed by atoms with E-state index in [1.54, 1.807) is 0 Å². The minimum absolute atomic E-state index is 0.850. The average molecular weight is 784 g/mol.